The van der Waals surface area contributed by atoms with E-state index in [1.54, 1.807) is 12.1 Å². The maximum atomic E-state index is 12.7. The minimum Gasteiger partial charge on any atom is -0.487 e. The van der Waals surface area contributed by atoms with Crippen molar-refractivity contribution in [3.05, 3.63) is 65.6 Å². The zero-order chi connectivity index (χ0) is 19.6. The van der Waals surface area contributed by atoms with Crippen LogP contribution in [0.5, 0.6) is 5.75 Å². The molecule has 1 fully saturated rings. The van der Waals surface area contributed by atoms with Gasteiger partial charge in [-0.3, -0.25) is 4.79 Å². The molecule has 1 aliphatic carbocycles. The van der Waals surface area contributed by atoms with Crippen LogP contribution >= 0.6 is 0 Å². The summed E-state index contributed by atoms with van der Waals surface area (Å²) in [6, 6.07) is 11.3. The first-order chi connectivity index (χ1) is 13.6. The van der Waals surface area contributed by atoms with Crippen molar-refractivity contribution < 1.29 is 9.53 Å². The lowest BCUT2D eigenvalue weighted by molar-refractivity contribution is 0.0902. The number of amides is 1. The number of aromatic nitrogens is 2. The number of nitrogens with one attached hydrogen (secondary N) is 1. The van der Waals surface area contributed by atoms with Crippen LogP contribution in [0, 0.1) is 6.92 Å². The van der Waals surface area contributed by atoms with E-state index in [1.807, 2.05) is 48.0 Å². The molecule has 2 heterocycles. The van der Waals surface area contributed by atoms with Crippen LogP contribution in [0.25, 0.3) is 5.65 Å². The normalized spacial score (nSPS) is 15.6. The van der Waals surface area contributed by atoms with E-state index in [2.05, 4.69) is 10.3 Å². The molecule has 2 aromatic heterocycles. The third kappa shape index (κ3) is 3.87. The molecule has 0 atom stereocenters. The maximum absolute atomic E-state index is 12.7. The first-order valence-electron chi connectivity index (χ1n) is 9.77. The van der Waals surface area contributed by atoms with E-state index < -0.39 is 0 Å². The van der Waals surface area contributed by atoms with Crippen molar-refractivity contribution in [2.75, 3.05) is 6.54 Å². The quantitative estimate of drug-likeness (QED) is 0.690. The molecule has 1 saturated carbocycles. The molecule has 146 valence electrons. The van der Waals surface area contributed by atoms with Crippen molar-refractivity contribution in [2.24, 2.45) is 5.73 Å². The summed E-state index contributed by atoms with van der Waals surface area (Å²) in [7, 11) is 0. The lowest BCUT2D eigenvalue weighted by Gasteiger charge is -2.28. The van der Waals surface area contributed by atoms with Gasteiger partial charge in [0, 0.05) is 24.5 Å². The van der Waals surface area contributed by atoms with Crippen LogP contribution in [0.2, 0.25) is 0 Å². The molecule has 0 aliphatic heterocycles. The summed E-state index contributed by atoms with van der Waals surface area (Å²) in [5.41, 5.74) is 9.16. The van der Waals surface area contributed by atoms with Gasteiger partial charge in [-0.05, 0) is 49.6 Å². The zero-order valence-electron chi connectivity index (χ0n) is 16.1. The summed E-state index contributed by atoms with van der Waals surface area (Å²) >= 11 is 0. The minimum absolute atomic E-state index is 0.0963. The van der Waals surface area contributed by atoms with Crippen LogP contribution in [0.1, 0.15) is 47.3 Å². The summed E-state index contributed by atoms with van der Waals surface area (Å²) in [5.74, 6) is 0.551. The number of nitrogens with two attached hydrogens (primary N) is 1. The standard InChI is InChI=1S/C22H26N4O2/c1-16-7-8-20-24-18(13-26(20)12-16)14-28-19-6-4-5-17(11-19)21(27)25-22(15-23)9-2-3-10-22/h4-8,11-13H,2-3,9-10,14-15,23H2,1H3,(H,25,27). The summed E-state index contributed by atoms with van der Waals surface area (Å²) in [6.07, 6.45) is 8.10. The van der Waals surface area contributed by atoms with Crippen LogP contribution in [0.4, 0.5) is 0 Å². The van der Waals surface area contributed by atoms with Gasteiger partial charge in [-0.15, -0.1) is 0 Å². The molecule has 3 N–H and O–H groups in total. The van der Waals surface area contributed by atoms with Gasteiger partial charge in [-0.2, -0.15) is 0 Å². The highest BCUT2D eigenvalue weighted by Gasteiger charge is 2.34. The second-order valence-electron chi connectivity index (χ2n) is 7.67. The molecule has 6 heteroatoms. The molecule has 3 aromatic rings. The number of rotatable bonds is 6. The first-order valence-corrected chi connectivity index (χ1v) is 9.77. The van der Waals surface area contributed by atoms with Gasteiger partial charge in [-0.25, -0.2) is 4.98 Å². The third-order valence-corrected chi connectivity index (χ3v) is 5.46. The van der Waals surface area contributed by atoms with Crippen molar-refractivity contribution in [1.82, 2.24) is 14.7 Å². The van der Waals surface area contributed by atoms with Crippen LogP contribution in [-0.4, -0.2) is 27.4 Å². The number of benzene rings is 1. The second-order valence-corrected chi connectivity index (χ2v) is 7.67. The van der Waals surface area contributed by atoms with E-state index in [4.69, 9.17) is 10.5 Å². The Kier molecular flexibility index (Phi) is 5.05. The summed E-state index contributed by atoms with van der Waals surface area (Å²) in [6.45, 7) is 2.87. The van der Waals surface area contributed by atoms with E-state index in [9.17, 15) is 4.79 Å². The highest BCUT2D eigenvalue weighted by atomic mass is 16.5. The van der Waals surface area contributed by atoms with Crippen molar-refractivity contribution >= 4 is 11.6 Å². The second kappa shape index (κ2) is 7.64. The molecule has 6 nitrogen and oxygen atoms in total. The molecular weight excluding hydrogens is 352 g/mol. The highest BCUT2D eigenvalue weighted by Crippen LogP contribution is 2.29. The molecule has 0 spiro atoms. The number of ether oxygens (including phenoxy) is 1. The fourth-order valence-corrected chi connectivity index (χ4v) is 3.85. The molecule has 1 aromatic carbocycles. The Labute approximate surface area is 164 Å². The van der Waals surface area contributed by atoms with Gasteiger partial charge in [0.05, 0.1) is 11.2 Å². The molecule has 1 amide bonds. The van der Waals surface area contributed by atoms with Crippen molar-refractivity contribution in [3.8, 4) is 5.75 Å². The van der Waals surface area contributed by atoms with E-state index in [1.165, 1.54) is 5.56 Å². The van der Waals surface area contributed by atoms with Crippen LogP contribution in [0.15, 0.2) is 48.8 Å². The molecule has 1 aliphatic rings. The fraction of sp³-hybridized carbons (Fsp3) is 0.364. The Balaban J connectivity index is 1.43. The number of aryl methyl sites for hydroxylation is 1. The summed E-state index contributed by atoms with van der Waals surface area (Å²) < 4.78 is 7.88. The molecule has 0 radical (unpaired) electrons. The van der Waals surface area contributed by atoms with E-state index in [0.29, 0.717) is 24.5 Å². The molecule has 0 bridgehead atoms. The number of fused-ring (bicyclic) bond motifs is 1. The number of imidazole rings is 1. The average molecular weight is 378 g/mol. The van der Waals surface area contributed by atoms with Crippen molar-refractivity contribution in [2.45, 2.75) is 44.8 Å². The Hall–Kier alpha value is -2.86. The molecule has 0 saturated heterocycles. The average Bonchev–Trinajstić information content (AvgIpc) is 3.33. The van der Waals surface area contributed by atoms with Crippen LogP contribution in [-0.2, 0) is 6.61 Å². The predicted molar refractivity (Wildman–Crippen MR) is 108 cm³/mol. The Morgan fingerprint density at radius 3 is 2.86 bits per heavy atom. The lowest BCUT2D eigenvalue weighted by Crippen LogP contribution is -2.51. The van der Waals surface area contributed by atoms with Crippen LogP contribution < -0.4 is 15.8 Å². The Morgan fingerprint density at radius 1 is 1.25 bits per heavy atom. The van der Waals surface area contributed by atoms with Gasteiger partial charge in [0.15, 0.2) is 0 Å². The third-order valence-electron chi connectivity index (χ3n) is 5.46. The van der Waals surface area contributed by atoms with Gasteiger partial charge >= 0.3 is 0 Å². The zero-order valence-corrected chi connectivity index (χ0v) is 16.1. The maximum Gasteiger partial charge on any atom is 0.251 e. The summed E-state index contributed by atoms with van der Waals surface area (Å²) in [5, 5.41) is 3.15. The van der Waals surface area contributed by atoms with Crippen LogP contribution in [0.3, 0.4) is 0 Å². The lowest BCUT2D eigenvalue weighted by atomic mass is 9.97. The van der Waals surface area contributed by atoms with Gasteiger partial charge in [0.1, 0.15) is 18.0 Å². The Bertz CT molecular complexity index is 989. The number of carbonyl (C=O) groups excluding carboxylic acids is 1. The number of carbonyl (C=O) groups is 1. The first kappa shape index (κ1) is 18.5. The van der Waals surface area contributed by atoms with Gasteiger partial charge in [0.2, 0.25) is 0 Å². The van der Waals surface area contributed by atoms with E-state index in [0.717, 1.165) is 37.0 Å². The van der Waals surface area contributed by atoms with E-state index in [-0.39, 0.29) is 11.4 Å². The fourth-order valence-electron chi connectivity index (χ4n) is 3.85. The molecule has 0 unspecified atom stereocenters. The number of hydrogen-bond donors (Lipinski definition) is 2. The smallest absolute Gasteiger partial charge is 0.251 e. The highest BCUT2D eigenvalue weighted by molar-refractivity contribution is 5.95. The number of nitrogens with zero attached hydrogens (tertiary/aromatic N) is 2. The predicted octanol–water partition coefficient (Wildman–Crippen LogP) is 3.22. The molecule has 28 heavy (non-hydrogen) atoms. The van der Waals surface area contributed by atoms with Gasteiger partial charge < -0.3 is 20.2 Å². The monoisotopic (exact) mass is 378 g/mol. The topological polar surface area (TPSA) is 81.6 Å². The van der Waals surface area contributed by atoms with Gasteiger partial charge in [-0.1, -0.05) is 25.0 Å². The van der Waals surface area contributed by atoms with E-state index >= 15 is 0 Å². The minimum atomic E-state index is -0.261. The molecule has 4 rings (SSSR count). The number of hydrogen-bond acceptors (Lipinski definition) is 4. The summed E-state index contributed by atoms with van der Waals surface area (Å²) in [4.78, 5) is 17.3. The number of pyridine rings is 1. The SMILES string of the molecule is Cc1ccc2nc(COc3cccc(C(=O)NC4(CN)CCCC4)c3)cn2c1. The molecular formula is C22H26N4O2. The Morgan fingerprint density at radius 2 is 2.07 bits per heavy atom. The van der Waals surface area contributed by atoms with Crippen molar-refractivity contribution in [3.63, 3.8) is 0 Å². The van der Waals surface area contributed by atoms with Gasteiger partial charge in [0.25, 0.3) is 5.91 Å². The van der Waals surface area contributed by atoms with Crippen molar-refractivity contribution in [1.29, 1.82) is 0 Å². The largest absolute Gasteiger partial charge is 0.487 e.